The molecule has 0 aromatic carbocycles. The average Bonchev–Trinajstić information content (AvgIpc) is 2.70. The van der Waals surface area contributed by atoms with E-state index in [1.165, 1.54) is 32.1 Å². The Morgan fingerprint density at radius 3 is 2.94 bits per heavy atom. The van der Waals surface area contributed by atoms with Crippen LogP contribution in [-0.2, 0) is 16.0 Å². The molecule has 2 rings (SSSR count). The van der Waals surface area contributed by atoms with E-state index in [-0.39, 0.29) is 11.9 Å². The first-order chi connectivity index (χ1) is 8.24. The molecule has 94 valence electrons. The Kier molecular flexibility index (Phi) is 4.15. The lowest BCUT2D eigenvalue weighted by Gasteiger charge is -2.23. The average molecular weight is 253 g/mol. The number of nitrogens with zero attached hydrogens (tertiary/aromatic N) is 1. The number of aromatic nitrogens is 1. The summed E-state index contributed by atoms with van der Waals surface area (Å²) in [5.74, 6) is 0.520. The number of thiazole rings is 1. The zero-order valence-electron chi connectivity index (χ0n) is 10.4. The van der Waals surface area contributed by atoms with Gasteiger partial charge in [-0.25, -0.2) is 4.98 Å². The molecule has 0 bridgehead atoms. The molecule has 1 aromatic rings. The minimum atomic E-state index is -0.118. The molecular weight excluding hydrogens is 234 g/mol. The maximum Gasteiger partial charge on any atom is 0.309 e. The minimum absolute atomic E-state index is 0.0413. The third kappa shape index (κ3) is 2.86. The van der Waals surface area contributed by atoms with E-state index in [4.69, 9.17) is 4.74 Å². The van der Waals surface area contributed by atoms with Gasteiger partial charge in [0, 0.05) is 17.7 Å². The Balaban J connectivity index is 1.97. The summed E-state index contributed by atoms with van der Waals surface area (Å²) >= 11 is 1.68. The van der Waals surface area contributed by atoms with Gasteiger partial charge in [-0.2, -0.15) is 0 Å². The molecule has 0 aliphatic heterocycles. The van der Waals surface area contributed by atoms with Gasteiger partial charge in [0.05, 0.1) is 23.7 Å². The molecule has 1 aliphatic rings. The van der Waals surface area contributed by atoms with Gasteiger partial charge in [0.15, 0.2) is 0 Å². The fourth-order valence-corrected chi connectivity index (χ4v) is 3.04. The predicted octanol–water partition coefficient (Wildman–Crippen LogP) is 3.15. The second-order valence-electron chi connectivity index (χ2n) is 4.63. The van der Waals surface area contributed by atoms with Gasteiger partial charge in [0.25, 0.3) is 0 Å². The van der Waals surface area contributed by atoms with Crippen molar-refractivity contribution in [2.24, 2.45) is 5.92 Å². The number of esters is 1. The molecule has 0 amide bonds. The SMILES string of the molecule is CCC(Cc1nc(C2CCC2)cs1)C(=O)OC. The number of carbonyl (C=O) groups excluding carboxylic acids is 1. The first kappa shape index (κ1) is 12.6. The minimum Gasteiger partial charge on any atom is -0.469 e. The first-order valence-electron chi connectivity index (χ1n) is 6.26. The molecule has 0 N–H and O–H groups in total. The van der Waals surface area contributed by atoms with Gasteiger partial charge in [-0.1, -0.05) is 13.3 Å². The summed E-state index contributed by atoms with van der Waals surface area (Å²) in [7, 11) is 1.45. The monoisotopic (exact) mass is 253 g/mol. The van der Waals surface area contributed by atoms with Crippen molar-refractivity contribution in [1.29, 1.82) is 0 Å². The van der Waals surface area contributed by atoms with E-state index in [9.17, 15) is 4.79 Å². The van der Waals surface area contributed by atoms with Crippen molar-refractivity contribution in [3.63, 3.8) is 0 Å². The van der Waals surface area contributed by atoms with Gasteiger partial charge >= 0.3 is 5.97 Å². The molecule has 4 heteroatoms. The largest absolute Gasteiger partial charge is 0.469 e. The van der Waals surface area contributed by atoms with Crippen LogP contribution in [0.3, 0.4) is 0 Å². The van der Waals surface area contributed by atoms with Gasteiger partial charge in [-0.05, 0) is 19.3 Å². The molecule has 1 fully saturated rings. The maximum absolute atomic E-state index is 11.5. The smallest absolute Gasteiger partial charge is 0.309 e. The van der Waals surface area contributed by atoms with E-state index in [0.717, 1.165) is 17.8 Å². The summed E-state index contributed by atoms with van der Waals surface area (Å²) in [4.78, 5) is 16.2. The molecule has 17 heavy (non-hydrogen) atoms. The van der Waals surface area contributed by atoms with Gasteiger partial charge in [0.2, 0.25) is 0 Å². The van der Waals surface area contributed by atoms with Crippen LogP contribution in [-0.4, -0.2) is 18.1 Å². The highest BCUT2D eigenvalue weighted by Crippen LogP contribution is 2.36. The first-order valence-corrected chi connectivity index (χ1v) is 7.14. The highest BCUT2D eigenvalue weighted by atomic mass is 32.1. The molecule has 0 radical (unpaired) electrons. The number of carbonyl (C=O) groups is 1. The second kappa shape index (κ2) is 5.63. The summed E-state index contributed by atoms with van der Waals surface area (Å²) in [6.45, 7) is 2.02. The Hall–Kier alpha value is -0.900. The topological polar surface area (TPSA) is 39.2 Å². The van der Waals surface area contributed by atoms with E-state index < -0.39 is 0 Å². The van der Waals surface area contributed by atoms with Gasteiger partial charge in [0.1, 0.15) is 0 Å². The standard InChI is InChI=1S/C13H19NO2S/c1-3-9(13(15)16-2)7-12-14-11(8-17-12)10-5-4-6-10/h8-10H,3-7H2,1-2H3. The third-order valence-corrected chi connectivity index (χ3v) is 4.43. The van der Waals surface area contributed by atoms with Gasteiger partial charge in [-0.15, -0.1) is 11.3 Å². The van der Waals surface area contributed by atoms with E-state index in [1.807, 2.05) is 6.92 Å². The van der Waals surface area contributed by atoms with Crippen LogP contribution in [0, 0.1) is 5.92 Å². The van der Waals surface area contributed by atoms with Gasteiger partial charge in [-0.3, -0.25) is 4.79 Å². The van der Waals surface area contributed by atoms with Crippen LogP contribution in [0.25, 0.3) is 0 Å². The van der Waals surface area contributed by atoms with Crippen LogP contribution in [0.5, 0.6) is 0 Å². The summed E-state index contributed by atoms with van der Waals surface area (Å²) in [5.41, 5.74) is 1.23. The van der Waals surface area contributed by atoms with Crippen molar-refractivity contribution < 1.29 is 9.53 Å². The molecule has 0 spiro atoms. The van der Waals surface area contributed by atoms with E-state index in [1.54, 1.807) is 11.3 Å². The molecule has 0 saturated heterocycles. The molecule has 3 nitrogen and oxygen atoms in total. The Bertz CT molecular complexity index is 385. The zero-order valence-corrected chi connectivity index (χ0v) is 11.3. The van der Waals surface area contributed by atoms with Crippen LogP contribution >= 0.6 is 11.3 Å². The van der Waals surface area contributed by atoms with Crippen LogP contribution in [0.1, 0.15) is 49.2 Å². The highest BCUT2D eigenvalue weighted by Gasteiger charge is 2.24. The van der Waals surface area contributed by atoms with Gasteiger partial charge < -0.3 is 4.74 Å². The second-order valence-corrected chi connectivity index (χ2v) is 5.57. The van der Waals surface area contributed by atoms with Crippen LogP contribution < -0.4 is 0 Å². The molecule has 1 saturated carbocycles. The lowest BCUT2D eigenvalue weighted by molar-refractivity contribution is -0.145. The van der Waals surface area contributed by atoms with Crippen molar-refractivity contribution in [3.05, 3.63) is 16.1 Å². The van der Waals surface area contributed by atoms with E-state index in [0.29, 0.717) is 5.92 Å². The number of ether oxygens (including phenoxy) is 1. The van der Waals surface area contributed by atoms with Crippen molar-refractivity contribution in [2.45, 2.75) is 44.9 Å². The Morgan fingerprint density at radius 2 is 2.41 bits per heavy atom. The summed E-state index contributed by atoms with van der Waals surface area (Å²) in [6, 6.07) is 0. The molecular formula is C13H19NO2S. The molecule has 1 atom stereocenters. The van der Waals surface area contributed by atoms with Crippen LogP contribution in [0.4, 0.5) is 0 Å². The predicted molar refractivity (Wildman–Crippen MR) is 68.2 cm³/mol. The molecule has 1 aliphatic carbocycles. The van der Waals surface area contributed by atoms with Crippen LogP contribution in [0.2, 0.25) is 0 Å². The summed E-state index contributed by atoms with van der Waals surface area (Å²) in [5, 5.41) is 3.23. The maximum atomic E-state index is 11.5. The fraction of sp³-hybridized carbons (Fsp3) is 0.692. The number of hydrogen-bond acceptors (Lipinski definition) is 4. The van der Waals surface area contributed by atoms with E-state index in [2.05, 4.69) is 10.4 Å². The van der Waals surface area contributed by atoms with E-state index >= 15 is 0 Å². The van der Waals surface area contributed by atoms with Crippen LogP contribution in [0.15, 0.2) is 5.38 Å². The van der Waals surface area contributed by atoms with Crippen molar-refractivity contribution in [3.8, 4) is 0 Å². The number of rotatable bonds is 5. The highest BCUT2D eigenvalue weighted by molar-refractivity contribution is 7.09. The Labute approximate surface area is 106 Å². The zero-order chi connectivity index (χ0) is 12.3. The fourth-order valence-electron chi connectivity index (χ4n) is 2.08. The number of hydrogen-bond donors (Lipinski definition) is 0. The molecule has 1 heterocycles. The molecule has 1 aromatic heterocycles. The third-order valence-electron chi connectivity index (χ3n) is 3.54. The molecule has 1 unspecified atom stereocenters. The lowest BCUT2D eigenvalue weighted by atomic mass is 9.83. The van der Waals surface area contributed by atoms with Crippen molar-refractivity contribution in [2.75, 3.05) is 7.11 Å². The lowest BCUT2D eigenvalue weighted by Crippen LogP contribution is -2.18. The van der Waals surface area contributed by atoms with Crippen molar-refractivity contribution in [1.82, 2.24) is 4.98 Å². The van der Waals surface area contributed by atoms with Crippen molar-refractivity contribution >= 4 is 17.3 Å². The summed E-state index contributed by atoms with van der Waals surface area (Å²) < 4.78 is 4.80. The number of methoxy groups -OCH3 is 1. The normalized spacial score (nSPS) is 17.5. The Morgan fingerprint density at radius 1 is 1.65 bits per heavy atom. The summed E-state index contributed by atoms with van der Waals surface area (Å²) in [6.07, 6.45) is 5.41. The quantitative estimate of drug-likeness (QED) is 0.757.